The second-order valence-corrected chi connectivity index (χ2v) is 23.8. The van der Waals surface area contributed by atoms with Gasteiger partial charge < -0.3 is 14.8 Å². The van der Waals surface area contributed by atoms with Crippen molar-refractivity contribution in [3.63, 3.8) is 0 Å². The average molecular weight is 891 g/mol. The van der Waals surface area contributed by atoms with Crippen molar-refractivity contribution in [2.75, 3.05) is 10.2 Å². The Morgan fingerprint density at radius 3 is 1.70 bits per heavy atom. The Morgan fingerprint density at radius 2 is 1.10 bits per heavy atom. The molecular formula is C62H61BN3S. The third-order valence-corrected chi connectivity index (χ3v) is 17.4. The minimum Gasteiger partial charge on any atom is -0.355 e. The fraction of sp³-hybridized carbons (Fsp3) is 0.290. The van der Waals surface area contributed by atoms with Crippen LogP contribution in [0.25, 0.3) is 48.7 Å². The number of anilines is 5. The predicted octanol–water partition coefficient (Wildman–Crippen LogP) is 16.2. The Morgan fingerprint density at radius 1 is 0.552 bits per heavy atom. The normalized spacial score (nSPS) is 17.2. The average Bonchev–Trinajstić information content (AvgIpc) is 3.84. The molecule has 0 saturated carbocycles. The van der Waals surface area contributed by atoms with Gasteiger partial charge in [0.1, 0.15) is 0 Å². The zero-order valence-corrected chi connectivity index (χ0v) is 41.7. The van der Waals surface area contributed by atoms with Crippen LogP contribution in [0.2, 0.25) is 0 Å². The molecule has 0 atom stereocenters. The molecule has 0 spiro atoms. The van der Waals surface area contributed by atoms with Crippen molar-refractivity contribution >= 4 is 89.2 Å². The Labute approximate surface area is 402 Å². The van der Waals surface area contributed by atoms with Crippen LogP contribution in [0, 0.1) is 13.8 Å². The van der Waals surface area contributed by atoms with Crippen molar-refractivity contribution in [2.45, 2.75) is 117 Å². The molecule has 3 heterocycles. The summed E-state index contributed by atoms with van der Waals surface area (Å²) in [7, 11) is 2.56. The molecule has 3 aliphatic rings. The maximum atomic E-state index is 3.97. The molecule has 5 heteroatoms. The molecule has 2 aliphatic carbocycles. The van der Waals surface area contributed by atoms with Crippen LogP contribution in [0.1, 0.15) is 114 Å². The topological polar surface area (TPSA) is 20.2 Å². The molecule has 333 valence electrons. The summed E-state index contributed by atoms with van der Waals surface area (Å²) in [5.74, 6) is 0. The zero-order valence-electron chi connectivity index (χ0n) is 40.9. The van der Waals surface area contributed by atoms with E-state index in [2.05, 4.69) is 225 Å². The number of aromatic nitrogens is 1. The van der Waals surface area contributed by atoms with Crippen LogP contribution in [0.4, 0.5) is 28.4 Å². The number of para-hydroxylation sites is 2. The smallest absolute Gasteiger partial charge is 0.211 e. The monoisotopic (exact) mass is 890 g/mol. The molecule has 12 rings (SSSR count). The molecule has 1 aliphatic heterocycles. The van der Waals surface area contributed by atoms with E-state index in [1.54, 1.807) is 0 Å². The molecular weight excluding hydrogens is 830 g/mol. The first kappa shape index (κ1) is 42.3. The summed E-state index contributed by atoms with van der Waals surface area (Å²) in [6.45, 7) is 24.2. The number of aryl methyl sites for hydroxylation is 2. The maximum Gasteiger partial charge on any atom is 0.211 e. The van der Waals surface area contributed by atoms with Gasteiger partial charge in [-0.3, -0.25) is 0 Å². The first-order valence-corrected chi connectivity index (χ1v) is 25.3. The highest BCUT2D eigenvalue weighted by Gasteiger charge is 2.41. The van der Waals surface area contributed by atoms with Gasteiger partial charge in [0.05, 0.1) is 11.2 Å². The van der Waals surface area contributed by atoms with Crippen LogP contribution in [0.15, 0.2) is 133 Å². The van der Waals surface area contributed by atoms with Gasteiger partial charge in [-0.1, -0.05) is 122 Å². The zero-order chi connectivity index (χ0) is 46.4. The molecule has 0 amide bonds. The molecule has 0 fully saturated rings. The number of nitrogens with one attached hydrogen (secondary N) is 1. The van der Waals surface area contributed by atoms with Crippen molar-refractivity contribution in [3.05, 3.63) is 167 Å². The summed E-state index contributed by atoms with van der Waals surface area (Å²) >= 11 is 1.98. The van der Waals surface area contributed by atoms with Crippen molar-refractivity contribution < 1.29 is 0 Å². The minimum atomic E-state index is 0.0828. The van der Waals surface area contributed by atoms with Crippen molar-refractivity contribution in [3.8, 4) is 16.8 Å². The highest BCUT2D eigenvalue weighted by molar-refractivity contribution is 7.29. The highest BCUT2D eigenvalue weighted by Crippen LogP contribution is 2.52. The van der Waals surface area contributed by atoms with Gasteiger partial charge in [0.25, 0.3) is 0 Å². The quantitative estimate of drug-likeness (QED) is 0.168. The van der Waals surface area contributed by atoms with Gasteiger partial charge in [-0.2, -0.15) is 0 Å². The number of hydrogen-bond acceptors (Lipinski definition) is 3. The van der Waals surface area contributed by atoms with E-state index in [9.17, 15) is 0 Å². The third kappa shape index (κ3) is 6.58. The molecule has 7 aromatic carbocycles. The van der Waals surface area contributed by atoms with E-state index in [0.29, 0.717) is 0 Å². The SMILES string of the molecule is Cc1ccc(Nc2cc(N(c3ccccc3)c3ccccc3)ccc2-c2cc(C)c3c4cc5c(cc4n4c3c2[B]c2sc3cc6c(cc3c2-4)C(C)(C)CCC6(C)C)C(C)(C)CCC5(C)C)cc1. The number of nitrogens with zero attached hydrogens (tertiary/aromatic N) is 2. The molecule has 0 unspecified atom stereocenters. The van der Waals surface area contributed by atoms with Crippen LogP contribution in [0.3, 0.4) is 0 Å². The standard InChI is InChI=1S/C62H61BN3S/c1-37-21-23-39(24-22-37)64-51-32-42(65(40-17-13-11-14-18-40)41-19-15-12-16-20-41)25-26-43(51)44-31-38(2)54-45-33-47-49(61(7,8)29-27-59(47,3)4)35-52(45)66-56-46-34-48-50(62(9,10)30-28-60(48,5)6)36-53(46)67-58(56)63-55(44)57(54)66/h11-26,31-36,64H,27-30H2,1-10H3. The van der Waals surface area contributed by atoms with Crippen LogP contribution in [-0.2, 0) is 21.7 Å². The second kappa shape index (κ2) is 14.7. The van der Waals surface area contributed by atoms with E-state index < -0.39 is 0 Å². The molecule has 9 aromatic rings. The van der Waals surface area contributed by atoms with Crippen LogP contribution >= 0.6 is 11.3 Å². The van der Waals surface area contributed by atoms with Crippen LogP contribution < -0.4 is 20.5 Å². The lowest BCUT2D eigenvalue weighted by atomic mass is 9.62. The van der Waals surface area contributed by atoms with Gasteiger partial charge in [-0.05, 0) is 178 Å². The van der Waals surface area contributed by atoms with Crippen molar-refractivity contribution in [2.24, 2.45) is 0 Å². The second-order valence-electron chi connectivity index (χ2n) is 22.7. The number of thiophene rings is 1. The fourth-order valence-electron chi connectivity index (χ4n) is 12.1. The Balaban J connectivity index is 1.16. The molecule has 3 nitrogen and oxygen atoms in total. The van der Waals surface area contributed by atoms with Crippen molar-refractivity contribution in [1.82, 2.24) is 4.57 Å². The summed E-state index contributed by atoms with van der Waals surface area (Å²) in [6.07, 6.45) is 4.77. The maximum absolute atomic E-state index is 3.97. The van der Waals surface area contributed by atoms with Gasteiger partial charge in [-0.15, -0.1) is 11.3 Å². The molecule has 0 bridgehead atoms. The van der Waals surface area contributed by atoms with E-state index in [4.69, 9.17) is 0 Å². The lowest BCUT2D eigenvalue weighted by Gasteiger charge is -2.42. The van der Waals surface area contributed by atoms with E-state index >= 15 is 0 Å². The summed E-state index contributed by atoms with van der Waals surface area (Å²) in [6, 6.07) is 50.3. The Kier molecular flexibility index (Phi) is 9.31. The summed E-state index contributed by atoms with van der Waals surface area (Å²) < 4.78 is 5.45. The number of rotatable bonds is 6. The van der Waals surface area contributed by atoms with Crippen molar-refractivity contribution in [1.29, 1.82) is 0 Å². The molecule has 1 radical (unpaired) electrons. The lowest BCUT2D eigenvalue weighted by Crippen LogP contribution is -2.35. The molecule has 2 aromatic heterocycles. The van der Waals surface area contributed by atoms with E-state index in [1.165, 1.54) is 118 Å². The van der Waals surface area contributed by atoms with Gasteiger partial charge in [0, 0.05) is 60.4 Å². The Bertz CT molecular complexity index is 3440. The highest BCUT2D eigenvalue weighted by atomic mass is 32.1. The number of hydrogen-bond donors (Lipinski definition) is 1. The van der Waals surface area contributed by atoms with E-state index in [1.807, 2.05) is 11.3 Å². The molecule has 67 heavy (non-hydrogen) atoms. The summed E-state index contributed by atoms with van der Waals surface area (Å²) in [5.41, 5.74) is 22.3. The number of fused-ring (bicyclic) bond motifs is 9. The summed E-state index contributed by atoms with van der Waals surface area (Å²) in [5, 5.41) is 8.11. The minimum absolute atomic E-state index is 0.0828. The third-order valence-electron chi connectivity index (χ3n) is 16.3. The van der Waals surface area contributed by atoms with Gasteiger partial charge in [0.15, 0.2) is 0 Å². The largest absolute Gasteiger partial charge is 0.355 e. The lowest BCUT2D eigenvalue weighted by molar-refractivity contribution is 0.332. The van der Waals surface area contributed by atoms with Gasteiger partial charge >= 0.3 is 0 Å². The van der Waals surface area contributed by atoms with E-state index in [0.717, 1.165) is 28.4 Å². The first-order chi connectivity index (χ1) is 32.0. The van der Waals surface area contributed by atoms with Crippen LogP contribution in [0.5, 0.6) is 0 Å². The van der Waals surface area contributed by atoms with Crippen LogP contribution in [-0.4, -0.2) is 11.8 Å². The molecule has 1 N–H and O–H groups in total. The van der Waals surface area contributed by atoms with E-state index in [-0.39, 0.29) is 21.7 Å². The van der Waals surface area contributed by atoms with Gasteiger partial charge in [0.2, 0.25) is 7.28 Å². The number of benzene rings is 7. The summed E-state index contributed by atoms with van der Waals surface area (Å²) in [4.78, 5) is 2.36. The fourth-order valence-corrected chi connectivity index (χ4v) is 13.3. The first-order valence-electron chi connectivity index (χ1n) is 24.5. The predicted molar refractivity (Wildman–Crippen MR) is 291 cm³/mol. The van der Waals surface area contributed by atoms with Gasteiger partial charge in [-0.25, -0.2) is 0 Å². The Hall–Kier alpha value is -6.04. The molecule has 0 saturated heterocycles.